The number of alkyl halides is 2. The van der Waals surface area contributed by atoms with Gasteiger partial charge in [-0.05, 0) is 0 Å². The number of rotatable bonds is 3. The molecule has 0 spiro atoms. The van der Waals surface area contributed by atoms with Crippen LogP contribution in [0.4, 0.5) is 13.2 Å². The Kier molecular flexibility index (Phi) is 3.82. The highest BCUT2D eigenvalue weighted by Gasteiger charge is 2.42. The van der Waals surface area contributed by atoms with E-state index in [1.165, 1.54) is 0 Å². The van der Waals surface area contributed by atoms with Gasteiger partial charge in [-0.15, -0.1) is 12.6 Å². The largest absolute Gasteiger partial charge is 0.489 e. The van der Waals surface area contributed by atoms with Gasteiger partial charge in [-0.3, -0.25) is 0 Å². The van der Waals surface area contributed by atoms with E-state index in [-0.39, 0.29) is 10.8 Å². The Hall–Kier alpha value is -0.820. The number of thiol groups is 1. The van der Waals surface area contributed by atoms with Crippen LogP contribution in [0.2, 0.25) is 0 Å². The van der Waals surface area contributed by atoms with Gasteiger partial charge in [0.1, 0.15) is 24.2 Å². The minimum atomic E-state index is -2.63. The number of likely N-dealkylation sites (N-methyl/N-ethyl adjacent to an activating group) is 1. The molecule has 8 heteroatoms. The van der Waals surface area contributed by atoms with Crippen LogP contribution >= 0.6 is 24.2 Å². The first kappa shape index (κ1) is 13.6. The SMILES string of the molecule is CN1C(S)=NC2C(OCC(F)F)=CC(F)=C(Cl)C21. The van der Waals surface area contributed by atoms with Crippen molar-refractivity contribution in [1.82, 2.24) is 4.90 Å². The molecule has 0 aromatic rings. The smallest absolute Gasteiger partial charge is 0.272 e. The normalized spacial score (nSPS) is 27.4. The summed E-state index contributed by atoms with van der Waals surface area (Å²) in [5.41, 5.74) is 0. The molecule has 0 N–H and O–H groups in total. The lowest BCUT2D eigenvalue weighted by molar-refractivity contribution is 0.0417. The second kappa shape index (κ2) is 5.05. The Bertz CT molecular complexity index is 452. The van der Waals surface area contributed by atoms with Crippen LogP contribution < -0.4 is 0 Å². The monoisotopic (exact) mass is 298 g/mol. The third kappa shape index (κ3) is 2.33. The molecular formula is C10H10ClF3N2OS. The maximum atomic E-state index is 13.6. The highest BCUT2D eigenvalue weighted by molar-refractivity contribution is 7.96. The zero-order valence-corrected chi connectivity index (χ0v) is 10.9. The first-order chi connectivity index (χ1) is 8.41. The molecule has 2 rings (SSSR count). The lowest BCUT2D eigenvalue weighted by atomic mass is 10.0. The summed E-state index contributed by atoms with van der Waals surface area (Å²) in [5, 5.41) is 0.323. The Balaban J connectivity index is 2.27. The van der Waals surface area contributed by atoms with Crippen molar-refractivity contribution >= 4 is 29.4 Å². The Morgan fingerprint density at radius 2 is 2.28 bits per heavy atom. The zero-order chi connectivity index (χ0) is 13.4. The van der Waals surface area contributed by atoms with Crippen LogP contribution in [0.25, 0.3) is 0 Å². The average molecular weight is 299 g/mol. The third-order valence-electron chi connectivity index (χ3n) is 2.71. The van der Waals surface area contributed by atoms with Gasteiger partial charge in [0.2, 0.25) is 0 Å². The molecular weight excluding hydrogens is 289 g/mol. The van der Waals surface area contributed by atoms with Crippen LogP contribution in [0.3, 0.4) is 0 Å². The van der Waals surface area contributed by atoms with Crippen molar-refractivity contribution in [2.24, 2.45) is 4.99 Å². The molecule has 0 aromatic heterocycles. The maximum absolute atomic E-state index is 13.6. The van der Waals surface area contributed by atoms with E-state index < -0.39 is 30.9 Å². The predicted molar refractivity (Wildman–Crippen MR) is 65.8 cm³/mol. The van der Waals surface area contributed by atoms with Crippen molar-refractivity contribution in [3.05, 3.63) is 22.7 Å². The third-order valence-corrected chi connectivity index (χ3v) is 3.55. The van der Waals surface area contributed by atoms with E-state index in [0.717, 1.165) is 6.08 Å². The van der Waals surface area contributed by atoms with Gasteiger partial charge in [-0.2, -0.15) is 0 Å². The van der Waals surface area contributed by atoms with Gasteiger partial charge in [0.05, 0.1) is 11.1 Å². The number of ether oxygens (including phenoxy) is 1. The topological polar surface area (TPSA) is 24.8 Å². The predicted octanol–water partition coefficient (Wildman–Crippen LogP) is 2.55. The maximum Gasteiger partial charge on any atom is 0.272 e. The molecule has 3 nitrogen and oxygen atoms in total. The molecule has 2 aliphatic rings. The molecule has 2 unspecified atom stereocenters. The summed E-state index contributed by atoms with van der Waals surface area (Å²) in [6.45, 7) is -0.804. The van der Waals surface area contributed by atoms with Crippen molar-refractivity contribution in [2.45, 2.75) is 18.5 Å². The van der Waals surface area contributed by atoms with Crippen LogP contribution in [0, 0.1) is 0 Å². The number of halogens is 4. The van der Waals surface area contributed by atoms with Crippen molar-refractivity contribution in [1.29, 1.82) is 0 Å². The van der Waals surface area contributed by atoms with Gasteiger partial charge >= 0.3 is 0 Å². The molecule has 0 saturated heterocycles. The zero-order valence-electron chi connectivity index (χ0n) is 9.28. The minimum Gasteiger partial charge on any atom is -0.489 e. The standard InChI is InChI=1S/C10H10ClF3N2OS/c1-16-9-7(11)4(12)2-5(17-3-6(13)14)8(9)15-10(16)18/h2,6,8-9H,3H2,1H3,(H,15,18). The van der Waals surface area contributed by atoms with E-state index in [2.05, 4.69) is 17.6 Å². The average Bonchev–Trinajstić information content (AvgIpc) is 2.59. The summed E-state index contributed by atoms with van der Waals surface area (Å²) in [5.74, 6) is -0.662. The quantitative estimate of drug-likeness (QED) is 0.810. The number of hydrogen-bond donors (Lipinski definition) is 1. The van der Waals surface area contributed by atoms with Crippen LogP contribution in [-0.4, -0.2) is 42.2 Å². The highest BCUT2D eigenvalue weighted by Crippen LogP contribution is 2.37. The number of fused-ring (bicyclic) bond motifs is 1. The highest BCUT2D eigenvalue weighted by atomic mass is 35.5. The van der Waals surface area contributed by atoms with Crippen molar-refractivity contribution in [2.75, 3.05) is 13.7 Å². The fraction of sp³-hybridized carbons (Fsp3) is 0.500. The summed E-state index contributed by atoms with van der Waals surface area (Å²) >= 11 is 9.97. The van der Waals surface area contributed by atoms with E-state index in [9.17, 15) is 13.2 Å². The number of nitrogens with zero attached hydrogens (tertiary/aromatic N) is 2. The molecule has 0 radical (unpaired) electrons. The van der Waals surface area contributed by atoms with E-state index in [1.54, 1.807) is 11.9 Å². The van der Waals surface area contributed by atoms with Crippen LogP contribution in [0.1, 0.15) is 0 Å². The van der Waals surface area contributed by atoms with Gasteiger partial charge in [-0.25, -0.2) is 18.2 Å². The Labute approximate surface area is 112 Å². The number of hydrogen-bond acceptors (Lipinski definition) is 3. The molecule has 100 valence electrons. The van der Waals surface area contributed by atoms with Gasteiger partial charge in [-0.1, -0.05) is 11.6 Å². The minimum absolute atomic E-state index is 0.0281. The fourth-order valence-electron chi connectivity index (χ4n) is 1.86. The summed E-state index contributed by atoms with van der Waals surface area (Å²) in [6, 6.07) is -1.22. The summed E-state index contributed by atoms with van der Waals surface area (Å²) in [7, 11) is 1.64. The Morgan fingerprint density at radius 3 is 2.89 bits per heavy atom. The van der Waals surface area contributed by atoms with E-state index in [1.807, 2.05) is 0 Å². The molecule has 1 heterocycles. The number of aliphatic imine (C=N–C) groups is 1. The molecule has 0 amide bonds. The lowest BCUT2D eigenvalue weighted by Gasteiger charge is -2.29. The molecule has 2 atom stereocenters. The molecule has 0 saturated carbocycles. The Morgan fingerprint density at radius 1 is 1.61 bits per heavy atom. The van der Waals surface area contributed by atoms with Crippen LogP contribution in [-0.2, 0) is 4.74 Å². The second-order valence-corrected chi connectivity index (χ2v) is 4.68. The second-order valence-electron chi connectivity index (χ2n) is 3.87. The molecule has 0 aromatic carbocycles. The first-order valence-corrected chi connectivity index (χ1v) is 5.91. The molecule has 1 aliphatic carbocycles. The first-order valence-electron chi connectivity index (χ1n) is 5.09. The molecule has 0 fully saturated rings. The summed E-state index contributed by atoms with van der Waals surface area (Å²) in [4.78, 5) is 5.68. The fourth-order valence-corrected chi connectivity index (χ4v) is 2.43. The molecule has 0 bridgehead atoms. The molecule has 1 aliphatic heterocycles. The van der Waals surface area contributed by atoms with Crippen molar-refractivity contribution in [3.8, 4) is 0 Å². The number of allylic oxidation sites excluding steroid dienone is 2. The van der Waals surface area contributed by atoms with Gasteiger partial charge in [0, 0.05) is 13.1 Å². The van der Waals surface area contributed by atoms with Gasteiger partial charge < -0.3 is 9.64 Å². The van der Waals surface area contributed by atoms with Crippen LogP contribution in [0.15, 0.2) is 27.7 Å². The van der Waals surface area contributed by atoms with Gasteiger partial charge in [0.25, 0.3) is 6.43 Å². The van der Waals surface area contributed by atoms with E-state index in [4.69, 9.17) is 16.3 Å². The van der Waals surface area contributed by atoms with Crippen molar-refractivity contribution < 1.29 is 17.9 Å². The van der Waals surface area contributed by atoms with E-state index in [0.29, 0.717) is 5.17 Å². The van der Waals surface area contributed by atoms with Crippen molar-refractivity contribution in [3.63, 3.8) is 0 Å². The summed E-state index contributed by atoms with van der Waals surface area (Å²) < 4.78 is 42.7. The van der Waals surface area contributed by atoms with Crippen LogP contribution in [0.5, 0.6) is 0 Å². The lowest BCUT2D eigenvalue weighted by Crippen LogP contribution is -2.39. The summed E-state index contributed by atoms with van der Waals surface area (Å²) in [6.07, 6.45) is -1.64. The van der Waals surface area contributed by atoms with E-state index >= 15 is 0 Å². The number of amidine groups is 1. The van der Waals surface area contributed by atoms with Gasteiger partial charge in [0.15, 0.2) is 5.17 Å². The molecule has 18 heavy (non-hydrogen) atoms.